The van der Waals surface area contributed by atoms with Gasteiger partial charge >= 0.3 is 0 Å². The van der Waals surface area contributed by atoms with Crippen LogP contribution in [0.25, 0.3) is 22.5 Å². The first-order valence-electron chi connectivity index (χ1n) is 7.58. The molecule has 0 aliphatic carbocycles. The molecule has 21 heavy (non-hydrogen) atoms. The second-order valence-electron chi connectivity index (χ2n) is 5.26. The Hall–Kier alpha value is -2.35. The van der Waals surface area contributed by atoms with Crippen LogP contribution in [0.5, 0.6) is 0 Å². The van der Waals surface area contributed by atoms with E-state index in [1.807, 2.05) is 12.1 Å². The highest BCUT2D eigenvalue weighted by Crippen LogP contribution is 2.31. The lowest BCUT2D eigenvalue weighted by Crippen LogP contribution is -1.90. The number of aromatic nitrogens is 2. The van der Waals surface area contributed by atoms with Crippen LogP contribution in [0.4, 0.5) is 0 Å². The third-order valence-corrected chi connectivity index (χ3v) is 3.76. The lowest BCUT2D eigenvalue weighted by Gasteiger charge is -2.06. The maximum absolute atomic E-state index is 4.59. The van der Waals surface area contributed by atoms with Crippen molar-refractivity contribution in [3.05, 3.63) is 66.2 Å². The van der Waals surface area contributed by atoms with Crippen LogP contribution in [0.2, 0.25) is 0 Å². The number of aromatic amines is 1. The monoisotopic (exact) mass is 276 g/mol. The highest BCUT2D eigenvalue weighted by molar-refractivity contribution is 5.73. The summed E-state index contributed by atoms with van der Waals surface area (Å²) in [4.78, 5) is 0. The summed E-state index contributed by atoms with van der Waals surface area (Å²) in [6, 6.07) is 20.9. The van der Waals surface area contributed by atoms with Gasteiger partial charge in [-0.05, 0) is 18.4 Å². The van der Waals surface area contributed by atoms with Gasteiger partial charge in [0, 0.05) is 11.1 Å². The van der Waals surface area contributed by atoms with E-state index in [2.05, 4.69) is 65.7 Å². The van der Waals surface area contributed by atoms with Gasteiger partial charge in [0.25, 0.3) is 0 Å². The second kappa shape index (κ2) is 6.40. The van der Waals surface area contributed by atoms with Crippen LogP contribution < -0.4 is 0 Å². The summed E-state index contributed by atoms with van der Waals surface area (Å²) >= 11 is 0. The van der Waals surface area contributed by atoms with Gasteiger partial charge < -0.3 is 0 Å². The van der Waals surface area contributed by atoms with E-state index in [1.165, 1.54) is 29.5 Å². The normalized spacial score (nSPS) is 10.7. The summed E-state index contributed by atoms with van der Waals surface area (Å²) in [6.45, 7) is 2.23. The number of nitrogens with one attached hydrogen (secondary N) is 1. The SMILES string of the molecule is CCCCc1c(-c2ccccc2)n[nH]c1-c1ccccc1. The van der Waals surface area contributed by atoms with Crippen molar-refractivity contribution in [2.75, 3.05) is 0 Å². The molecule has 0 amide bonds. The van der Waals surface area contributed by atoms with Crippen molar-refractivity contribution in [2.45, 2.75) is 26.2 Å². The Morgan fingerprint density at radius 2 is 1.48 bits per heavy atom. The smallest absolute Gasteiger partial charge is 0.0959 e. The van der Waals surface area contributed by atoms with Gasteiger partial charge in [0.2, 0.25) is 0 Å². The Morgan fingerprint density at radius 3 is 2.10 bits per heavy atom. The van der Waals surface area contributed by atoms with E-state index < -0.39 is 0 Å². The van der Waals surface area contributed by atoms with E-state index in [1.54, 1.807) is 0 Å². The Kier molecular flexibility index (Phi) is 4.15. The molecule has 0 bridgehead atoms. The maximum atomic E-state index is 4.59. The zero-order chi connectivity index (χ0) is 14.5. The predicted octanol–water partition coefficient (Wildman–Crippen LogP) is 5.09. The molecule has 0 saturated carbocycles. The molecule has 0 saturated heterocycles. The van der Waals surface area contributed by atoms with Gasteiger partial charge in [-0.25, -0.2) is 0 Å². The molecule has 0 aliphatic heterocycles. The molecule has 3 rings (SSSR count). The minimum Gasteiger partial charge on any atom is -0.277 e. The van der Waals surface area contributed by atoms with E-state index in [-0.39, 0.29) is 0 Å². The summed E-state index contributed by atoms with van der Waals surface area (Å²) in [6.07, 6.45) is 3.42. The fourth-order valence-corrected chi connectivity index (χ4v) is 2.64. The van der Waals surface area contributed by atoms with Crippen LogP contribution in [-0.2, 0) is 6.42 Å². The van der Waals surface area contributed by atoms with Crippen molar-refractivity contribution < 1.29 is 0 Å². The lowest BCUT2D eigenvalue weighted by atomic mass is 9.98. The van der Waals surface area contributed by atoms with Crippen molar-refractivity contribution in [3.63, 3.8) is 0 Å². The zero-order valence-electron chi connectivity index (χ0n) is 12.3. The molecule has 1 N–H and O–H groups in total. The molecule has 2 nitrogen and oxygen atoms in total. The van der Waals surface area contributed by atoms with Crippen LogP contribution in [0.15, 0.2) is 60.7 Å². The van der Waals surface area contributed by atoms with Crippen LogP contribution in [0.3, 0.4) is 0 Å². The quantitative estimate of drug-likeness (QED) is 0.691. The van der Waals surface area contributed by atoms with Crippen molar-refractivity contribution >= 4 is 0 Å². The lowest BCUT2D eigenvalue weighted by molar-refractivity contribution is 0.797. The Bertz CT molecular complexity index is 627. The molecular weight excluding hydrogens is 256 g/mol. The molecule has 0 aliphatic rings. The van der Waals surface area contributed by atoms with Gasteiger partial charge in [0.05, 0.1) is 11.4 Å². The number of benzene rings is 2. The van der Waals surface area contributed by atoms with Crippen molar-refractivity contribution in [1.82, 2.24) is 10.2 Å². The van der Waals surface area contributed by atoms with Gasteiger partial charge in [-0.3, -0.25) is 5.10 Å². The average molecular weight is 276 g/mol. The fraction of sp³-hybridized carbons (Fsp3) is 0.211. The topological polar surface area (TPSA) is 28.7 Å². The van der Waals surface area contributed by atoms with E-state index in [9.17, 15) is 0 Å². The highest BCUT2D eigenvalue weighted by atomic mass is 15.1. The minimum absolute atomic E-state index is 1.06. The van der Waals surface area contributed by atoms with Gasteiger partial charge in [-0.1, -0.05) is 74.0 Å². The molecule has 0 unspecified atom stereocenters. The van der Waals surface area contributed by atoms with Crippen molar-refractivity contribution in [2.24, 2.45) is 0 Å². The van der Waals surface area contributed by atoms with Gasteiger partial charge in [-0.2, -0.15) is 5.10 Å². The van der Waals surface area contributed by atoms with Crippen LogP contribution in [0.1, 0.15) is 25.3 Å². The van der Waals surface area contributed by atoms with Gasteiger partial charge in [0.15, 0.2) is 0 Å². The van der Waals surface area contributed by atoms with Gasteiger partial charge in [-0.15, -0.1) is 0 Å². The molecule has 0 radical (unpaired) electrons. The first-order chi connectivity index (χ1) is 10.4. The molecule has 3 aromatic rings. The average Bonchev–Trinajstić information content (AvgIpc) is 2.98. The van der Waals surface area contributed by atoms with E-state index in [0.29, 0.717) is 0 Å². The van der Waals surface area contributed by atoms with E-state index in [0.717, 1.165) is 17.8 Å². The van der Waals surface area contributed by atoms with Crippen molar-refractivity contribution in [3.8, 4) is 22.5 Å². The largest absolute Gasteiger partial charge is 0.277 e. The number of hydrogen-bond donors (Lipinski definition) is 1. The molecule has 0 atom stereocenters. The van der Waals surface area contributed by atoms with Crippen LogP contribution in [-0.4, -0.2) is 10.2 Å². The van der Waals surface area contributed by atoms with E-state index in [4.69, 9.17) is 0 Å². The van der Waals surface area contributed by atoms with E-state index >= 15 is 0 Å². The number of hydrogen-bond acceptors (Lipinski definition) is 1. The zero-order valence-corrected chi connectivity index (χ0v) is 12.3. The summed E-state index contributed by atoms with van der Waals surface area (Å²) < 4.78 is 0. The molecule has 0 fully saturated rings. The maximum Gasteiger partial charge on any atom is 0.0959 e. The van der Waals surface area contributed by atoms with Gasteiger partial charge in [0.1, 0.15) is 0 Å². The Morgan fingerprint density at radius 1 is 0.857 bits per heavy atom. The van der Waals surface area contributed by atoms with Crippen molar-refractivity contribution in [1.29, 1.82) is 0 Å². The summed E-state index contributed by atoms with van der Waals surface area (Å²) in [5, 5.41) is 7.84. The molecule has 0 spiro atoms. The molecule has 1 heterocycles. The first-order valence-corrected chi connectivity index (χ1v) is 7.58. The minimum atomic E-state index is 1.06. The predicted molar refractivity (Wildman–Crippen MR) is 88.1 cm³/mol. The number of rotatable bonds is 5. The standard InChI is InChI=1S/C19H20N2/c1-2-3-14-17-18(15-10-6-4-7-11-15)20-21-19(17)16-12-8-5-9-13-16/h4-13H,2-3,14H2,1H3,(H,20,21). The first kappa shape index (κ1) is 13.6. The summed E-state index contributed by atoms with van der Waals surface area (Å²) in [5.41, 5.74) is 5.96. The highest BCUT2D eigenvalue weighted by Gasteiger charge is 2.15. The molecular formula is C19H20N2. The molecule has 106 valence electrons. The third-order valence-electron chi connectivity index (χ3n) is 3.76. The third kappa shape index (κ3) is 2.89. The van der Waals surface area contributed by atoms with Crippen LogP contribution >= 0.6 is 0 Å². The fourth-order valence-electron chi connectivity index (χ4n) is 2.64. The van der Waals surface area contributed by atoms with Crippen LogP contribution in [0, 0.1) is 0 Å². The number of unbranched alkanes of at least 4 members (excludes halogenated alkanes) is 1. The molecule has 2 heteroatoms. The summed E-state index contributed by atoms with van der Waals surface area (Å²) in [7, 11) is 0. The second-order valence-corrected chi connectivity index (χ2v) is 5.26. The number of H-pyrrole nitrogens is 1. The molecule has 1 aromatic heterocycles. The number of nitrogens with zero attached hydrogens (tertiary/aromatic N) is 1. The Labute approximate surface area is 125 Å². The molecule has 2 aromatic carbocycles. The Balaban J connectivity index is 2.07. The summed E-state index contributed by atoms with van der Waals surface area (Å²) in [5.74, 6) is 0.